The highest BCUT2D eigenvalue weighted by Crippen LogP contribution is 2.26. The molecule has 0 amide bonds. The van der Waals surface area contributed by atoms with E-state index in [1.807, 2.05) is 24.3 Å². The number of benzene rings is 2. The van der Waals surface area contributed by atoms with Gasteiger partial charge in [0.15, 0.2) is 5.69 Å². The second-order valence-corrected chi connectivity index (χ2v) is 5.91. The standard InChI is InChI=1S/C17H13BrN2O2/c1-11-7-13(5-6-17(11)21)16-9-15(19-10-20(16)22)12-3-2-4-14(18)8-12/h2-10,21H,1H3. The highest BCUT2D eigenvalue weighted by Gasteiger charge is 2.13. The molecule has 22 heavy (non-hydrogen) atoms. The van der Waals surface area contributed by atoms with E-state index in [0.29, 0.717) is 11.4 Å². The van der Waals surface area contributed by atoms with Gasteiger partial charge in [0.05, 0.1) is 0 Å². The van der Waals surface area contributed by atoms with Gasteiger partial charge in [0.1, 0.15) is 11.4 Å². The van der Waals surface area contributed by atoms with E-state index < -0.39 is 0 Å². The van der Waals surface area contributed by atoms with Gasteiger partial charge in [0.2, 0.25) is 0 Å². The second kappa shape index (κ2) is 5.77. The summed E-state index contributed by atoms with van der Waals surface area (Å²) in [5, 5.41) is 21.7. The van der Waals surface area contributed by atoms with Gasteiger partial charge in [-0.3, -0.25) is 0 Å². The minimum absolute atomic E-state index is 0.211. The molecule has 0 atom stereocenters. The fourth-order valence-corrected chi connectivity index (χ4v) is 2.64. The molecular formula is C17H13BrN2O2. The Hall–Kier alpha value is -2.40. The highest BCUT2D eigenvalue weighted by atomic mass is 79.9. The van der Waals surface area contributed by atoms with Gasteiger partial charge in [-0.1, -0.05) is 28.1 Å². The lowest BCUT2D eigenvalue weighted by Crippen LogP contribution is -2.29. The topological polar surface area (TPSA) is 60.1 Å². The van der Waals surface area contributed by atoms with Crippen LogP contribution in [0.25, 0.3) is 22.5 Å². The minimum atomic E-state index is 0.211. The number of phenolic OH excluding ortho intramolecular Hbond substituents is 1. The molecule has 0 aliphatic heterocycles. The zero-order chi connectivity index (χ0) is 15.7. The summed E-state index contributed by atoms with van der Waals surface area (Å²) in [6, 6.07) is 14.6. The van der Waals surface area contributed by atoms with Crippen molar-refractivity contribution in [2.45, 2.75) is 6.92 Å². The monoisotopic (exact) mass is 356 g/mol. The molecule has 0 bridgehead atoms. The Morgan fingerprint density at radius 1 is 1.09 bits per heavy atom. The van der Waals surface area contributed by atoms with Gasteiger partial charge in [-0.05, 0) is 47.8 Å². The number of aryl methyl sites for hydroxylation is 1. The van der Waals surface area contributed by atoms with Gasteiger partial charge >= 0.3 is 0 Å². The largest absolute Gasteiger partial charge is 0.710 e. The molecule has 1 heterocycles. The van der Waals surface area contributed by atoms with Crippen molar-refractivity contribution in [2.24, 2.45) is 0 Å². The molecule has 0 unspecified atom stereocenters. The maximum Gasteiger partial charge on any atom is 0.290 e. The van der Waals surface area contributed by atoms with Crippen LogP contribution in [0.5, 0.6) is 5.75 Å². The first-order chi connectivity index (χ1) is 10.5. The molecule has 1 N–H and O–H groups in total. The number of hydrogen-bond donors (Lipinski definition) is 1. The van der Waals surface area contributed by atoms with E-state index in [1.54, 1.807) is 31.2 Å². The fourth-order valence-electron chi connectivity index (χ4n) is 2.24. The Morgan fingerprint density at radius 3 is 2.64 bits per heavy atom. The molecule has 2 aromatic carbocycles. The average molecular weight is 357 g/mol. The Labute approximate surface area is 136 Å². The van der Waals surface area contributed by atoms with Crippen molar-refractivity contribution in [1.29, 1.82) is 0 Å². The van der Waals surface area contributed by atoms with E-state index in [0.717, 1.165) is 25.9 Å². The first-order valence-electron chi connectivity index (χ1n) is 6.70. The third-order valence-corrected chi connectivity index (χ3v) is 3.92. The van der Waals surface area contributed by atoms with E-state index >= 15 is 0 Å². The molecular weight excluding hydrogens is 344 g/mol. The molecule has 110 valence electrons. The van der Waals surface area contributed by atoms with E-state index in [1.165, 1.54) is 6.33 Å². The molecule has 0 saturated carbocycles. The predicted molar refractivity (Wildman–Crippen MR) is 88.2 cm³/mol. The van der Waals surface area contributed by atoms with Crippen molar-refractivity contribution in [3.05, 3.63) is 70.1 Å². The third kappa shape index (κ3) is 2.80. The van der Waals surface area contributed by atoms with Crippen molar-refractivity contribution >= 4 is 15.9 Å². The summed E-state index contributed by atoms with van der Waals surface area (Å²) in [5.41, 5.74) is 3.59. The predicted octanol–water partition coefficient (Wildman–Crippen LogP) is 3.83. The van der Waals surface area contributed by atoms with Gasteiger partial charge < -0.3 is 10.3 Å². The van der Waals surface area contributed by atoms with Crippen molar-refractivity contribution in [1.82, 2.24) is 4.98 Å². The van der Waals surface area contributed by atoms with Gasteiger partial charge in [-0.15, -0.1) is 0 Å². The molecule has 3 aromatic rings. The van der Waals surface area contributed by atoms with Crippen LogP contribution in [0.3, 0.4) is 0 Å². The van der Waals surface area contributed by atoms with Crippen LogP contribution in [-0.4, -0.2) is 10.1 Å². The quantitative estimate of drug-likeness (QED) is 0.560. The molecule has 0 saturated heterocycles. The normalized spacial score (nSPS) is 10.6. The third-order valence-electron chi connectivity index (χ3n) is 3.43. The number of aromatic nitrogens is 2. The summed E-state index contributed by atoms with van der Waals surface area (Å²) in [6.45, 7) is 1.80. The molecule has 5 heteroatoms. The number of nitrogens with zero attached hydrogens (tertiary/aromatic N) is 2. The molecule has 3 rings (SSSR count). The number of phenols is 1. The molecule has 0 fully saturated rings. The summed E-state index contributed by atoms with van der Waals surface area (Å²) in [7, 11) is 0. The van der Waals surface area contributed by atoms with Gasteiger partial charge in [0, 0.05) is 21.7 Å². The van der Waals surface area contributed by atoms with E-state index in [2.05, 4.69) is 20.9 Å². The lowest BCUT2D eigenvalue weighted by atomic mass is 10.1. The SMILES string of the molecule is Cc1cc(-c2cc(-c3cccc(Br)c3)nc[n+]2[O-])ccc1O. The van der Waals surface area contributed by atoms with E-state index in [4.69, 9.17) is 0 Å². The Morgan fingerprint density at radius 2 is 1.91 bits per heavy atom. The average Bonchev–Trinajstić information content (AvgIpc) is 2.51. The Balaban J connectivity index is 2.12. The van der Waals surface area contributed by atoms with Crippen molar-refractivity contribution in [3.63, 3.8) is 0 Å². The maximum absolute atomic E-state index is 12.0. The van der Waals surface area contributed by atoms with Gasteiger partial charge in [0.25, 0.3) is 6.33 Å². The molecule has 0 spiro atoms. The summed E-state index contributed by atoms with van der Waals surface area (Å²) in [4.78, 5) is 4.20. The summed E-state index contributed by atoms with van der Waals surface area (Å²) in [6.07, 6.45) is 1.26. The lowest BCUT2D eigenvalue weighted by molar-refractivity contribution is -0.597. The summed E-state index contributed by atoms with van der Waals surface area (Å²) >= 11 is 3.43. The van der Waals surface area contributed by atoms with Crippen LogP contribution >= 0.6 is 15.9 Å². The fraction of sp³-hybridized carbons (Fsp3) is 0.0588. The van der Waals surface area contributed by atoms with E-state index in [9.17, 15) is 10.3 Å². The lowest BCUT2D eigenvalue weighted by Gasteiger charge is -2.10. The van der Waals surface area contributed by atoms with Crippen LogP contribution < -0.4 is 4.73 Å². The number of hydrogen-bond acceptors (Lipinski definition) is 3. The first kappa shape index (κ1) is 14.5. The van der Waals surface area contributed by atoms with Crippen LogP contribution in [-0.2, 0) is 0 Å². The van der Waals surface area contributed by atoms with Crippen molar-refractivity contribution in [3.8, 4) is 28.3 Å². The molecule has 1 aromatic heterocycles. The zero-order valence-corrected chi connectivity index (χ0v) is 13.4. The first-order valence-corrected chi connectivity index (χ1v) is 7.49. The van der Waals surface area contributed by atoms with Crippen LogP contribution in [0.2, 0.25) is 0 Å². The number of aromatic hydroxyl groups is 1. The van der Waals surface area contributed by atoms with Gasteiger partial charge in [-0.25, -0.2) is 4.73 Å². The minimum Gasteiger partial charge on any atom is -0.710 e. The van der Waals surface area contributed by atoms with Crippen molar-refractivity contribution in [2.75, 3.05) is 0 Å². The van der Waals surface area contributed by atoms with Crippen molar-refractivity contribution < 1.29 is 9.84 Å². The summed E-state index contributed by atoms with van der Waals surface area (Å²) in [5.74, 6) is 0.211. The van der Waals surface area contributed by atoms with Crippen LogP contribution in [0.1, 0.15) is 5.56 Å². The highest BCUT2D eigenvalue weighted by molar-refractivity contribution is 9.10. The number of halogens is 1. The van der Waals surface area contributed by atoms with E-state index in [-0.39, 0.29) is 5.75 Å². The zero-order valence-electron chi connectivity index (χ0n) is 11.8. The molecule has 0 radical (unpaired) electrons. The van der Waals surface area contributed by atoms with Gasteiger partial charge in [-0.2, -0.15) is 0 Å². The molecule has 4 nitrogen and oxygen atoms in total. The summed E-state index contributed by atoms with van der Waals surface area (Å²) < 4.78 is 1.68. The van der Waals surface area contributed by atoms with Crippen LogP contribution in [0.4, 0.5) is 0 Å². The Bertz CT molecular complexity index is 850. The second-order valence-electron chi connectivity index (χ2n) is 5.00. The smallest absolute Gasteiger partial charge is 0.290 e. The molecule has 0 aliphatic rings. The maximum atomic E-state index is 12.0. The van der Waals surface area contributed by atoms with Crippen LogP contribution in [0.15, 0.2) is 59.3 Å². The Kier molecular flexibility index (Phi) is 3.81. The molecule has 0 aliphatic carbocycles. The van der Waals surface area contributed by atoms with Crippen LogP contribution in [0, 0.1) is 12.1 Å². The number of rotatable bonds is 2.